The van der Waals surface area contributed by atoms with Gasteiger partial charge in [0.2, 0.25) is 0 Å². The van der Waals surface area contributed by atoms with Crippen LogP contribution in [-0.2, 0) is 0 Å². The van der Waals surface area contributed by atoms with Gasteiger partial charge in [-0.2, -0.15) is 5.10 Å². The summed E-state index contributed by atoms with van der Waals surface area (Å²) >= 11 is 0. The molecule has 1 aliphatic heterocycles. The van der Waals surface area contributed by atoms with Crippen LogP contribution < -0.4 is 9.80 Å². The Morgan fingerprint density at radius 1 is 1.14 bits per heavy atom. The SMILES string of the molecule is Cc1ncnc(N(C)CC2CCN(c3nccn4nc(C5CC5)cc34)CC2)c1F. The lowest BCUT2D eigenvalue weighted by Crippen LogP contribution is -2.38. The molecule has 8 heteroatoms. The highest BCUT2D eigenvalue weighted by Gasteiger charge is 2.28. The van der Waals surface area contributed by atoms with Crippen molar-refractivity contribution in [3.05, 3.63) is 42.0 Å². The predicted octanol–water partition coefficient (Wildman–Crippen LogP) is 3.20. The lowest BCUT2D eigenvalue weighted by Gasteiger charge is -2.35. The van der Waals surface area contributed by atoms with Gasteiger partial charge >= 0.3 is 0 Å². The minimum atomic E-state index is -0.324. The van der Waals surface area contributed by atoms with Crippen LogP contribution in [-0.4, -0.2) is 51.2 Å². The highest BCUT2D eigenvalue weighted by molar-refractivity contribution is 5.69. The second-order valence-corrected chi connectivity index (χ2v) is 8.33. The van der Waals surface area contributed by atoms with E-state index in [0.717, 1.165) is 43.8 Å². The molecule has 1 saturated heterocycles. The number of piperidine rings is 1. The monoisotopic (exact) mass is 395 g/mol. The number of hydrogen-bond donors (Lipinski definition) is 0. The molecule has 0 radical (unpaired) electrons. The predicted molar refractivity (Wildman–Crippen MR) is 110 cm³/mol. The Balaban J connectivity index is 1.26. The highest BCUT2D eigenvalue weighted by Crippen LogP contribution is 2.40. The second-order valence-electron chi connectivity index (χ2n) is 8.33. The third-order valence-electron chi connectivity index (χ3n) is 6.14. The summed E-state index contributed by atoms with van der Waals surface area (Å²) in [6.07, 6.45) is 9.79. The molecule has 3 aromatic heterocycles. The van der Waals surface area contributed by atoms with Crippen molar-refractivity contribution in [2.75, 3.05) is 36.5 Å². The molecular formula is C21H26FN7. The summed E-state index contributed by atoms with van der Waals surface area (Å²) in [7, 11) is 1.91. The summed E-state index contributed by atoms with van der Waals surface area (Å²) in [6.45, 7) is 4.35. The first-order valence-corrected chi connectivity index (χ1v) is 10.4. The lowest BCUT2D eigenvalue weighted by atomic mass is 9.96. The van der Waals surface area contributed by atoms with Crippen LogP contribution in [0.5, 0.6) is 0 Å². The van der Waals surface area contributed by atoms with Crippen LogP contribution in [0.3, 0.4) is 0 Å². The zero-order valence-corrected chi connectivity index (χ0v) is 16.9. The molecule has 5 rings (SSSR count). The van der Waals surface area contributed by atoms with Gasteiger partial charge in [-0.05, 0) is 44.6 Å². The zero-order valence-electron chi connectivity index (χ0n) is 16.9. The summed E-state index contributed by atoms with van der Waals surface area (Å²) in [4.78, 5) is 17.0. The lowest BCUT2D eigenvalue weighted by molar-refractivity contribution is 0.405. The molecule has 0 N–H and O–H groups in total. The first-order valence-electron chi connectivity index (χ1n) is 10.4. The molecule has 0 aromatic carbocycles. The number of fused-ring (bicyclic) bond motifs is 1. The van der Waals surface area contributed by atoms with E-state index >= 15 is 0 Å². The molecule has 29 heavy (non-hydrogen) atoms. The minimum Gasteiger partial charge on any atom is -0.357 e. The number of aryl methyl sites for hydroxylation is 1. The standard InChI is InChI=1S/C21H26FN7/c1-14-19(22)21(25-13-24-14)27(2)12-15-5-8-28(9-6-15)20-18-11-17(16-3-4-16)26-29(18)10-7-23-20/h7,10-11,13,15-16H,3-6,8-9,12H2,1-2H3. The smallest absolute Gasteiger partial charge is 0.186 e. The van der Waals surface area contributed by atoms with Crippen molar-refractivity contribution < 1.29 is 4.39 Å². The Hall–Kier alpha value is -2.77. The molecule has 152 valence electrons. The van der Waals surface area contributed by atoms with Crippen LogP contribution in [0.15, 0.2) is 24.8 Å². The quantitative estimate of drug-likeness (QED) is 0.661. The molecule has 1 saturated carbocycles. The Morgan fingerprint density at radius 3 is 2.69 bits per heavy atom. The molecule has 0 bridgehead atoms. The maximum Gasteiger partial charge on any atom is 0.186 e. The number of rotatable bonds is 5. The van der Waals surface area contributed by atoms with Gasteiger partial charge in [0.15, 0.2) is 17.5 Å². The molecule has 2 aliphatic rings. The van der Waals surface area contributed by atoms with E-state index in [9.17, 15) is 4.39 Å². The van der Waals surface area contributed by atoms with Gasteiger partial charge < -0.3 is 9.80 Å². The van der Waals surface area contributed by atoms with Crippen molar-refractivity contribution in [1.29, 1.82) is 0 Å². The van der Waals surface area contributed by atoms with Crippen LogP contribution in [0.4, 0.5) is 16.0 Å². The fourth-order valence-electron chi connectivity index (χ4n) is 4.26. The Kier molecular flexibility index (Phi) is 4.56. The van der Waals surface area contributed by atoms with E-state index in [0.29, 0.717) is 23.3 Å². The molecule has 2 fully saturated rings. The van der Waals surface area contributed by atoms with Gasteiger partial charge in [0.1, 0.15) is 11.8 Å². The van der Waals surface area contributed by atoms with Gasteiger partial charge in [-0.15, -0.1) is 0 Å². The second kappa shape index (κ2) is 7.24. The van der Waals surface area contributed by atoms with Gasteiger partial charge in [-0.3, -0.25) is 0 Å². The summed E-state index contributed by atoms with van der Waals surface area (Å²) in [5, 5.41) is 4.73. The van der Waals surface area contributed by atoms with Crippen LogP contribution in [0.25, 0.3) is 5.52 Å². The topological polar surface area (TPSA) is 62.5 Å². The molecule has 3 aromatic rings. The maximum atomic E-state index is 14.3. The molecule has 7 nitrogen and oxygen atoms in total. The van der Waals surface area contributed by atoms with Crippen molar-refractivity contribution in [3.8, 4) is 0 Å². The van der Waals surface area contributed by atoms with Gasteiger partial charge in [-0.25, -0.2) is 23.9 Å². The van der Waals surface area contributed by atoms with Crippen LogP contribution >= 0.6 is 0 Å². The number of anilines is 2. The average Bonchev–Trinajstić information content (AvgIpc) is 3.49. The Bertz CT molecular complexity index is 1020. The van der Waals surface area contributed by atoms with Crippen molar-refractivity contribution in [2.45, 2.75) is 38.5 Å². The molecule has 4 heterocycles. The van der Waals surface area contributed by atoms with E-state index in [4.69, 9.17) is 5.10 Å². The van der Waals surface area contributed by atoms with Crippen LogP contribution in [0.2, 0.25) is 0 Å². The van der Waals surface area contributed by atoms with Gasteiger partial charge in [0.25, 0.3) is 0 Å². The third kappa shape index (κ3) is 3.52. The fraction of sp³-hybridized carbons (Fsp3) is 0.524. The summed E-state index contributed by atoms with van der Waals surface area (Å²) in [5.74, 6) is 2.22. The fourth-order valence-corrected chi connectivity index (χ4v) is 4.26. The van der Waals surface area contributed by atoms with Gasteiger partial charge in [0.05, 0.1) is 11.4 Å². The molecule has 0 atom stereocenters. The molecule has 0 spiro atoms. The summed E-state index contributed by atoms with van der Waals surface area (Å²) in [5.41, 5.74) is 2.68. The van der Waals surface area contributed by atoms with Crippen LogP contribution in [0, 0.1) is 18.7 Å². The van der Waals surface area contributed by atoms with E-state index in [2.05, 4.69) is 25.9 Å². The third-order valence-corrected chi connectivity index (χ3v) is 6.14. The van der Waals surface area contributed by atoms with E-state index < -0.39 is 0 Å². The van der Waals surface area contributed by atoms with Crippen LogP contribution in [0.1, 0.15) is 43.0 Å². The number of halogens is 1. The summed E-state index contributed by atoms with van der Waals surface area (Å²) in [6, 6.07) is 2.21. The average molecular weight is 395 g/mol. The molecular weight excluding hydrogens is 369 g/mol. The number of hydrogen-bond acceptors (Lipinski definition) is 6. The first kappa shape index (κ1) is 18.3. The van der Waals surface area contributed by atoms with Gasteiger partial charge in [-0.1, -0.05) is 0 Å². The van der Waals surface area contributed by atoms with E-state index in [1.807, 2.05) is 28.9 Å². The number of nitrogens with zero attached hydrogens (tertiary/aromatic N) is 7. The van der Waals surface area contributed by atoms with E-state index in [-0.39, 0.29) is 5.82 Å². The first-order chi connectivity index (χ1) is 14.1. The van der Waals surface area contributed by atoms with Crippen molar-refractivity contribution in [2.24, 2.45) is 5.92 Å². The van der Waals surface area contributed by atoms with Gasteiger partial charge in [0, 0.05) is 45.0 Å². The molecule has 1 aliphatic carbocycles. The Labute approximate surface area is 169 Å². The van der Waals surface area contributed by atoms with Crippen molar-refractivity contribution in [1.82, 2.24) is 24.6 Å². The molecule has 0 unspecified atom stereocenters. The Morgan fingerprint density at radius 2 is 1.93 bits per heavy atom. The number of aromatic nitrogens is 5. The normalized spacial score (nSPS) is 17.8. The van der Waals surface area contributed by atoms with Crippen molar-refractivity contribution >= 4 is 17.2 Å². The highest BCUT2D eigenvalue weighted by atomic mass is 19.1. The van der Waals surface area contributed by atoms with E-state index in [1.165, 1.54) is 24.9 Å². The van der Waals surface area contributed by atoms with Crippen molar-refractivity contribution in [3.63, 3.8) is 0 Å². The van der Waals surface area contributed by atoms with E-state index in [1.54, 1.807) is 6.92 Å². The molecule has 0 amide bonds. The summed E-state index contributed by atoms with van der Waals surface area (Å²) < 4.78 is 16.3. The largest absolute Gasteiger partial charge is 0.357 e. The maximum absolute atomic E-state index is 14.3. The zero-order chi connectivity index (χ0) is 20.0. The minimum absolute atomic E-state index is 0.324.